The number of rotatable bonds is 15. The molecule has 1 aliphatic heterocycles. The molecule has 0 saturated carbocycles. The summed E-state index contributed by atoms with van der Waals surface area (Å²) in [6.45, 7) is 11.8. The van der Waals surface area contributed by atoms with E-state index in [1.165, 1.54) is 7.11 Å². The maximum Gasteiger partial charge on any atom is 0.342 e. The van der Waals surface area contributed by atoms with Crippen molar-refractivity contribution in [3.05, 3.63) is 65.2 Å². The van der Waals surface area contributed by atoms with E-state index in [1.54, 1.807) is 19.2 Å². The Morgan fingerprint density at radius 3 is 2.45 bits per heavy atom. The van der Waals surface area contributed by atoms with Crippen molar-refractivity contribution in [1.29, 1.82) is 0 Å². The van der Waals surface area contributed by atoms with E-state index < -0.39 is 19.8 Å². The number of ether oxygens (including phenoxy) is 7. The second-order valence-electron chi connectivity index (χ2n) is 11.4. The van der Waals surface area contributed by atoms with E-state index in [1.807, 2.05) is 56.3 Å². The molecule has 0 aliphatic carbocycles. The molecule has 0 aromatic heterocycles. The van der Waals surface area contributed by atoms with E-state index >= 15 is 0 Å². The van der Waals surface area contributed by atoms with Crippen molar-refractivity contribution < 1.29 is 38.0 Å². The zero-order valence-electron chi connectivity index (χ0n) is 24.9. The van der Waals surface area contributed by atoms with Gasteiger partial charge in [0.2, 0.25) is 0 Å². The molecule has 8 nitrogen and oxygen atoms in total. The minimum Gasteiger partial charge on any atom is -0.497 e. The van der Waals surface area contributed by atoms with Crippen molar-refractivity contribution in [1.82, 2.24) is 0 Å². The molecule has 2 aromatic carbocycles. The maximum atomic E-state index is 13.3. The van der Waals surface area contributed by atoms with E-state index in [0.717, 1.165) is 11.6 Å². The van der Waals surface area contributed by atoms with Gasteiger partial charge in [-0.2, -0.15) is 0 Å². The summed E-state index contributed by atoms with van der Waals surface area (Å²) in [5, 5.41) is 0. The summed E-state index contributed by atoms with van der Waals surface area (Å²) >= 11 is 0. The topological polar surface area (TPSA) is 81.7 Å². The molecule has 40 heavy (non-hydrogen) atoms. The molecular formula is C31H44O8Si. The first-order valence-corrected chi connectivity index (χ1v) is 17.4. The molecular weight excluding hydrogens is 528 g/mol. The van der Waals surface area contributed by atoms with Crippen molar-refractivity contribution in [2.45, 2.75) is 70.6 Å². The molecule has 0 spiro atoms. The van der Waals surface area contributed by atoms with E-state index in [4.69, 9.17) is 33.2 Å². The van der Waals surface area contributed by atoms with E-state index in [2.05, 4.69) is 19.6 Å². The highest BCUT2D eigenvalue weighted by atomic mass is 28.3. The Hall–Kier alpha value is -2.69. The smallest absolute Gasteiger partial charge is 0.342 e. The Morgan fingerprint density at radius 2 is 1.77 bits per heavy atom. The molecule has 1 saturated heterocycles. The standard InChI is InChI=1S/C31H44O8Si/c1-31(2)38-26(28(39-31)21-35-20-23-12-9-8-10-13-23)15-11-14-24-18-25(34-4)19-27(37-22-33-3)29(24)30(32)36-16-17-40(5,6)7/h8-14,18-19,26,28H,15-17,20-22H2,1-7H3/b14-11+/t26-,28+/m0/s1. The minimum absolute atomic E-state index is 0.0154. The fourth-order valence-corrected chi connectivity index (χ4v) is 5.00. The van der Waals surface area contributed by atoms with Gasteiger partial charge in [-0.1, -0.05) is 62.1 Å². The zero-order valence-corrected chi connectivity index (χ0v) is 25.9. The highest BCUT2D eigenvalue weighted by molar-refractivity contribution is 6.76. The van der Waals surface area contributed by atoms with Crippen LogP contribution in [0.4, 0.5) is 0 Å². The predicted molar refractivity (Wildman–Crippen MR) is 158 cm³/mol. The number of benzene rings is 2. The number of hydrogen-bond acceptors (Lipinski definition) is 8. The first kappa shape index (κ1) is 31.8. The van der Waals surface area contributed by atoms with Gasteiger partial charge in [-0.15, -0.1) is 0 Å². The third kappa shape index (κ3) is 10.0. The molecule has 0 bridgehead atoms. The molecule has 9 heteroatoms. The number of carbonyl (C=O) groups is 1. The van der Waals surface area contributed by atoms with Crippen molar-refractivity contribution in [3.8, 4) is 11.5 Å². The Labute approximate surface area is 239 Å². The molecule has 2 atom stereocenters. The summed E-state index contributed by atoms with van der Waals surface area (Å²) in [6.07, 6.45) is 3.93. The summed E-state index contributed by atoms with van der Waals surface area (Å²) in [6, 6.07) is 14.4. The summed E-state index contributed by atoms with van der Waals surface area (Å²) in [4.78, 5) is 13.3. The monoisotopic (exact) mass is 572 g/mol. The zero-order chi connectivity index (χ0) is 29.2. The Bertz CT molecular complexity index is 1110. The predicted octanol–water partition coefficient (Wildman–Crippen LogP) is 6.31. The molecule has 1 aliphatic rings. The van der Waals surface area contributed by atoms with Crippen LogP contribution in [0.15, 0.2) is 48.5 Å². The van der Waals surface area contributed by atoms with Crippen LogP contribution >= 0.6 is 0 Å². The van der Waals surface area contributed by atoms with Gasteiger partial charge >= 0.3 is 5.97 Å². The molecule has 0 amide bonds. The Balaban J connectivity index is 1.76. The first-order chi connectivity index (χ1) is 19.0. The quantitative estimate of drug-likeness (QED) is 0.139. The summed E-state index contributed by atoms with van der Waals surface area (Å²) in [5.41, 5.74) is 2.06. The molecule has 220 valence electrons. The van der Waals surface area contributed by atoms with Crippen LogP contribution in [0.5, 0.6) is 11.5 Å². The van der Waals surface area contributed by atoms with Crippen molar-refractivity contribution in [3.63, 3.8) is 0 Å². The number of esters is 1. The lowest BCUT2D eigenvalue weighted by Crippen LogP contribution is -2.27. The summed E-state index contributed by atoms with van der Waals surface area (Å²) < 4.78 is 40.3. The van der Waals surface area contributed by atoms with Crippen LogP contribution < -0.4 is 9.47 Å². The lowest BCUT2D eigenvalue weighted by Gasteiger charge is -2.18. The second-order valence-corrected chi connectivity index (χ2v) is 17.1. The molecule has 2 aromatic rings. The minimum atomic E-state index is -1.37. The Morgan fingerprint density at radius 1 is 1.05 bits per heavy atom. The fourth-order valence-electron chi connectivity index (χ4n) is 4.28. The molecule has 1 fully saturated rings. The van der Waals surface area contributed by atoms with Crippen LogP contribution in [0.3, 0.4) is 0 Å². The average molecular weight is 573 g/mol. The number of hydrogen-bond donors (Lipinski definition) is 0. The average Bonchev–Trinajstić information content (AvgIpc) is 3.19. The third-order valence-corrected chi connectivity index (χ3v) is 8.01. The number of methoxy groups -OCH3 is 2. The highest BCUT2D eigenvalue weighted by Gasteiger charge is 2.40. The van der Waals surface area contributed by atoms with Crippen LogP contribution in [0.1, 0.15) is 41.8 Å². The van der Waals surface area contributed by atoms with E-state index in [9.17, 15) is 4.79 Å². The van der Waals surface area contributed by atoms with Gasteiger partial charge in [0.15, 0.2) is 12.6 Å². The van der Waals surface area contributed by atoms with Gasteiger partial charge in [0.05, 0.1) is 33.0 Å². The first-order valence-electron chi connectivity index (χ1n) is 13.7. The van der Waals surface area contributed by atoms with Crippen molar-refractivity contribution in [2.24, 2.45) is 0 Å². The van der Waals surface area contributed by atoms with Gasteiger partial charge in [0.1, 0.15) is 23.2 Å². The molecule has 1 heterocycles. The van der Waals surface area contributed by atoms with Gasteiger partial charge < -0.3 is 33.2 Å². The summed E-state index contributed by atoms with van der Waals surface area (Å²) in [7, 11) is 1.73. The van der Waals surface area contributed by atoms with E-state index in [0.29, 0.717) is 48.9 Å². The molecule has 0 N–H and O–H groups in total. The van der Waals surface area contributed by atoms with Gasteiger partial charge in [-0.25, -0.2) is 4.79 Å². The van der Waals surface area contributed by atoms with Crippen molar-refractivity contribution >= 4 is 20.1 Å². The lowest BCUT2D eigenvalue weighted by molar-refractivity contribution is -0.151. The normalized spacial score (nSPS) is 18.7. The lowest BCUT2D eigenvalue weighted by atomic mass is 10.0. The van der Waals surface area contributed by atoms with Crippen LogP contribution in [0.2, 0.25) is 25.7 Å². The second kappa shape index (κ2) is 14.8. The molecule has 0 radical (unpaired) electrons. The van der Waals surface area contributed by atoms with Crippen LogP contribution in [-0.4, -0.2) is 66.3 Å². The van der Waals surface area contributed by atoms with Crippen LogP contribution in [-0.2, 0) is 30.3 Å². The van der Waals surface area contributed by atoms with Crippen LogP contribution in [0.25, 0.3) is 6.08 Å². The molecule has 0 unspecified atom stereocenters. The number of carbonyl (C=O) groups excluding carboxylic acids is 1. The SMILES string of the molecule is COCOc1cc(OC)cc(/C=C/C[C@@H]2OC(C)(C)O[C@@H]2COCc2ccccc2)c1C(=O)OCC[Si](C)(C)C. The van der Waals surface area contributed by atoms with Crippen LogP contribution in [0, 0.1) is 0 Å². The van der Waals surface area contributed by atoms with Gasteiger partial charge in [-0.3, -0.25) is 0 Å². The van der Waals surface area contributed by atoms with Gasteiger partial charge in [0.25, 0.3) is 0 Å². The third-order valence-electron chi connectivity index (χ3n) is 6.31. The summed E-state index contributed by atoms with van der Waals surface area (Å²) in [5.74, 6) is -0.270. The maximum absolute atomic E-state index is 13.3. The van der Waals surface area contributed by atoms with E-state index in [-0.39, 0.29) is 19.0 Å². The molecule has 3 rings (SSSR count). The van der Waals surface area contributed by atoms with Crippen molar-refractivity contribution in [2.75, 3.05) is 34.2 Å². The van der Waals surface area contributed by atoms with Gasteiger partial charge in [-0.05, 0) is 43.5 Å². The highest BCUT2D eigenvalue weighted by Crippen LogP contribution is 2.33. The van der Waals surface area contributed by atoms with Gasteiger partial charge in [0, 0.05) is 21.3 Å². The Kier molecular flexibility index (Phi) is 11.8. The fraction of sp³-hybridized carbons (Fsp3) is 0.516. The largest absolute Gasteiger partial charge is 0.497 e.